The van der Waals surface area contributed by atoms with Gasteiger partial charge in [-0.15, -0.1) is 0 Å². The SMILES string of the molecule is CC(=O)NC(C)C.CC(=O)NC(C)C.CC(C)NC(=O)C(N)CCC(N)=O.CC(C)Oc1ccc(CC(N)C(=O)O)cc1.CC(N)Cc1cccc(OC(C)C)c1. The van der Waals surface area contributed by atoms with E-state index in [4.69, 9.17) is 37.5 Å². The quantitative estimate of drug-likeness (QED) is 0.120. The van der Waals surface area contributed by atoms with Crippen LogP contribution in [0, 0.1) is 0 Å². The van der Waals surface area contributed by atoms with Crippen molar-refractivity contribution >= 4 is 29.6 Å². The van der Waals surface area contributed by atoms with Gasteiger partial charge in [-0.05, 0) is 131 Å². The summed E-state index contributed by atoms with van der Waals surface area (Å²) in [6.07, 6.45) is 2.03. The van der Waals surface area contributed by atoms with Crippen LogP contribution in [0.2, 0.25) is 0 Å². The minimum absolute atomic E-state index is 0.0370. The fraction of sp³-hybridized carbons (Fsp3) is 0.595. The monoisotopic (exact) mass is 806 g/mol. The van der Waals surface area contributed by atoms with Gasteiger partial charge in [-0.25, -0.2) is 0 Å². The molecule has 15 nitrogen and oxygen atoms in total. The normalized spacial score (nSPS) is 11.8. The Morgan fingerprint density at radius 2 is 1.07 bits per heavy atom. The van der Waals surface area contributed by atoms with Crippen molar-refractivity contribution in [3.63, 3.8) is 0 Å². The Morgan fingerprint density at radius 1 is 0.614 bits per heavy atom. The number of carboxylic acids is 1. The molecule has 0 fully saturated rings. The lowest BCUT2D eigenvalue weighted by molar-refractivity contribution is -0.138. The van der Waals surface area contributed by atoms with Crippen LogP contribution in [-0.2, 0) is 36.8 Å². The molecule has 3 unspecified atom stereocenters. The van der Waals surface area contributed by atoms with E-state index in [0.29, 0.717) is 12.8 Å². The Balaban J connectivity index is -0.000000663. The average Bonchev–Trinajstić information content (AvgIpc) is 3.03. The number of hydrogen-bond acceptors (Lipinski definition) is 10. The molecular formula is C42H75N7O8. The molecule has 0 bridgehead atoms. The molecule has 3 atom stereocenters. The summed E-state index contributed by atoms with van der Waals surface area (Å²) in [7, 11) is 0. The van der Waals surface area contributed by atoms with Crippen LogP contribution in [0.15, 0.2) is 48.5 Å². The van der Waals surface area contributed by atoms with Crippen molar-refractivity contribution in [2.75, 3.05) is 0 Å². The maximum atomic E-state index is 11.2. The molecule has 12 N–H and O–H groups in total. The van der Waals surface area contributed by atoms with Crippen LogP contribution >= 0.6 is 0 Å². The number of nitrogens with two attached hydrogens (primary N) is 4. The van der Waals surface area contributed by atoms with E-state index >= 15 is 0 Å². The second kappa shape index (κ2) is 32.4. The first-order valence-electron chi connectivity index (χ1n) is 19.4. The summed E-state index contributed by atoms with van der Waals surface area (Å²) in [5, 5.41) is 16.7. The predicted molar refractivity (Wildman–Crippen MR) is 229 cm³/mol. The van der Waals surface area contributed by atoms with Gasteiger partial charge in [0.25, 0.3) is 0 Å². The lowest BCUT2D eigenvalue weighted by Gasteiger charge is -2.13. The molecule has 2 aromatic carbocycles. The molecule has 57 heavy (non-hydrogen) atoms. The number of rotatable bonds is 16. The molecular weight excluding hydrogens is 731 g/mol. The third kappa shape index (κ3) is 39.3. The van der Waals surface area contributed by atoms with Crippen LogP contribution in [0.3, 0.4) is 0 Å². The lowest BCUT2D eigenvalue weighted by Crippen LogP contribution is -2.43. The number of ether oxygens (including phenoxy) is 2. The molecule has 0 aliphatic heterocycles. The van der Waals surface area contributed by atoms with Gasteiger partial charge < -0.3 is 53.5 Å². The molecule has 0 spiro atoms. The summed E-state index contributed by atoms with van der Waals surface area (Å²) in [6.45, 7) is 24.4. The topological polar surface area (TPSA) is 264 Å². The Bertz CT molecular complexity index is 1370. The van der Waals surface area contributed by atoms with Gasteiger partial charge in [0, 0.05) is 44.4 Å². The maximum absolute atomic E-state index is 11.2. The first-order chi connectivity index (χ1) is 26.2. The van der Waals surface area contributed by atoms with Crippen LogP contribution in [0.4, 0.5) is 0 Å². The number of carboxylic acid groups (broad SMARTS) is 1. The van der Waals surface area contributed by atoms with E-state index < -0.39 is 24.0 Å². The summed E-state index contributed by atoms with van der Waals surface area (Å²) in [6, 6.07) is 14.8. The number of carbonyl (C=O) groups is 5. The van der Waals surface area contributed by atoms with Gasteiger partial charge in [0.05, 0.1) is 18.2 Å². The van der Waals surface area contributed by atoms with E-state index in [1.165, 1.54) is 19.4 Å². The van der Waals surface area contributed by atoms with Gasteiger partial charge >= 0.3 is 5.97 Å². The van der Waals surface area contributed by atoms with Crippen molar-refractivity contribution < 1.29 is 38.6 Å². The van der Waals surface area contributed by atoms with Crippen LogP contribution in [0.1, 0.15) is 114 Å². The fourth-order valence-corrected chi connectivity index (χ4v) is 4.34. The van der Waals surface area contributed by atoms with E-state index in [0.717, 1.165) is 23.5 Å². The summed E-state index contributed by atoms with van der Waals surface area (Å²) < 4.78 is 11.1. The van der Waals surface area contributed by atoms with E-state index in [2.05, 4.69) is 28.1 Å². The maximum Gasteiger partial charge on any atom is 0.320 e. The number of aliphatic carboxylic acids is 1. The lowest BCUT2D eigenvalue weighted by atomic mass is 10.1. The predicted octanol–water partition coefficient (Wildman–Crippen LogP) is 3.96. The second-order valence-electron chi connectivity index (χ2n) is 14.9. The highest BCUT2D eigenvalue weighted by Crippen LogP contribution is 2.16. The zero-order valence-electron chi connectivity index (χ0n) is 36.7. The van der Waals surface area contributed by atoms with Crippen LogP contribution < -0.4 is 48.4 Å². The number of hydrogen-bond donors (Lipinski definition) is 8. The third-order valence-electron chi connectivity index (χ3n) is 6.35. The zero-order chi connectivity index (χ0) is 44.8. The van der Waals surface area contributed by atoms with E-state index in [1.807, 2.05) is 113 Å². The first kappa shape index (κ1) is 56.6. The van der Waals surface area contributed by atoms with Gasteiger partial charge in [0.2, 0.25) is 23.6 Å². The molecule has 0 saturated carbocycles. The Labute approximate surface area is 341 Å². The second-order valence-corrected chi connectivity index (χ2v) is 14.9. The van der Waals surface area contributed by atoms with Crippen molar-refractivity contribution in [1.29, 1.82) is 0 Å². The summed E-state index contributed by atoms with van der Waals surface area (Å²) in [5.74, 6) is 0.123. The molecule has 0 radical (unpaired) electrons. The molecule has 0 saturated heterocycles. The Morgan fingerprint density at radius 3 is 1.42 bits per heavy atom. The number of carbonyl (C=O) groups excluding carboxylic acids is 4. The third-order valence-corrected chi connectivity index (χ3v) is 6.35. The smallest absolute Gasteiger partial charge is 0.320 e. The molecule has 2 rings (SSSR count). The van der Waals surface area contributed by atoms with Crippen LogP contribution in [0.25, 0.3) is 0 Å². The fourth-order valence-electron chi connectivity index (χ4n) is 4.34. The van der Waals surface area contributed by atoms with Gasteiger partial charge in [-0.3, -0.25) is 24.0 Å². The first-order valence-corrected chi connectivity index (χ1v) is 19.4. The molecule has 0 heterocycles. The van der Waals surface area contributed by atoms with E-state index in [-0.39, 0.29) is 60.5 Å². The van der Waals surface area contributed by atoms with Gasteiger partial charge in [0.15, 0.2) is 0 Å². The highest BCUT2D eigenvalue weighted by Gasteiger charge is 2.14. The Hall–Kier alpha value is -4.73. The molecule has 4 amide bonds. The molecule has 2 aromatic rings. The molecule has 15 heteroatoms. The minimum atomic E-state index is -0.984. The highest BCUT2D eigenvalue weighted by molar-refractivity contribution is 5.82. The number of amides is 4. The van der Waals surface area contributed by atoms with Crippen molar-refractivity contribution in [1.82, 2.24) is 16.0 Å². The molecule has 0 aromatic heterocycles. The molecule has 326 valence electrons. The van der Waals surface area contributed by atoms with Crippen molar-refractivity contribution in [2.45, 2.75) is 164 Å². The highest BCUT2D eigenvalue weighted by atomic mass is 16.5. The van der Waals surface area contributed by atoms with Crippen LogP contribution in [0.5, 0.6) is 11.5 Å². The summed E-state index contributed by atoms with van der Waals surface area (Å²) >= 11 is 0. The number of nitrogens with one attached hydrogen (secondary N) is 3. The van der Waals surface area contributed by atoms with Gasteiger partial charge in [-0.1, -0.05) is 24.3 Å². The average molecular weight is 806 g/mol. The van der Waals surface area contributed by atoms with Crippen molar-refractivity contribution in [2.24, 2.45) is 22.9 Å². The summed E-state index contributed by atoms with van der Waals surface area (Å²) in [4.78, 5) is 52.4. The number of primary amides is 1. The van der Waals surface area contributed by atoms with E-state index in [9.17, 15) is 24.0 Å². The van der Waals surface area contributed by atoms with E-state index in [1.54, 1.807) is 0 Å². The van der Waals surface area contributed by atoms with Gasteiger partial charge in [-0.2, -0.15) is 0 Å². The van der Waals surface area contributed by atoms with Crippen LogP contribution in [-0.4, -0.2) is 83.2 Å². The van der Waals surface area contributed by atoms with Gasteiger partial charge in [0.1, 0.15) is 17.5 Å². The van der Waals surface area contributed by atoms with Crippen molar-refractivity contribution in [3.8, 4) is 11.5 Å². The van der Waals surface area contributed by atoms with Crippen molar-refractivity contribution in [3.05, 3.63) is 59.7 Å². The molecule has 0 aliphatic carbocycles. The molecule has 0 aliphatic rings. The Kier molecular flexibility index (Phi) is 32.1. The number of benzene rings is 2. The summed E-state index contributed by atoms with van der Waals surface area (Å²) in [5.41, 5.74) is 23.7. The zero-order valence-corrected chi connectivity index (χ0v) is 36.7. The minimum Gasteiger partial charge on any atom is -0.491 e. The largest absolute Gasteiger partial charge is 0.491 e. The standard InChI is InChI=1S/C12H17NO3.C12H19NO.C8H17N3O2.2C5H11NO/c1-8(2)16-10-5-3-9(4-6-10)7-11(13)12(14)15;1-9(2)14-12-6-4-5-11(8-12)7-10(3)13;1-5(2)11-8(13)6(9)3-4-7(10)12;2*1-4(2)6-5(3)7/h3-6,8,11H,7,13H2,1-2H3,(H,14,15);4-6,8-10H,7,13H2,1-3H3;5-6H,3-4,9H2,1-2H3,(H2,10,12)(H,11,13);2*4H,1-3H3,(H,6,7).